The molecule has 0 aliphatic rings. The quantitative estimate of drug-likeness (QED) is 0.794. The average molecular weight is 322 g/mol. The van der Waals surface area contributed by atoms with Crippen LogP contribution in [0.15, 0.2) is 4.79 Å². The third-order valence-corrected chi connectivity index (χ3v) is 4.83. The number of esters is 1. The molecular weight excluding hydrogens is 300 g/mol. The van der Waals surface area contributed by atoms with Crippen LogP contribution < -0.4 is 5.56 Å². The summed E-state index contributed by atoms with van der Waals surface area (Å²) in [6.45, 7) is 10.1. The van der Waals surface area contributed by atoms with Gasteiger partial charge < -0.3 is 4.74 Å². The molecule has 2 rings (SSSR count). The zero-order valence-electron chi connectivity index (χ0n) is 13.7. The highest BCUT2D eigenvalue weighted by Crippen LogP contribution is 2.26. The fourth-order valence-corrected chi connectivity index (χ4v) is 3.26. The zero-order valence-corrected chi connectivity index (χ0v) is 14.5. The molecule has 0 N–H and O–H groups in total. The number of carbonyl (C=O) groups excluding carboxylic acids is 1. The second-order valence-electron chi connectivity index (χ2n) is 5.92. The minimum Gasteiger partial charge on any atom is -0.464 e. The summed E-state index contributed by atoms with van der Waals surface area (Å²) in [4.78, 5) is 30.8. The first-order valence-corrected chi connectivity index (χ1v) is 8.25. The maximum atomic E-state index is 12.6. The van der Waals surface area contributed by atoms with Crippen LogP contribution in [0.2, 0.25) is 0 Å². The normalized spacial score (nSPS) is 11.4. The monoisotopic (exact) mass is 322 g/mol. The summed E-state index contributed by atoms with van der Waals surface area (Å²) in [7, 11) is 0. The topological polar surface area (TPSA) is 61.2 Å². The van der Waals surface area contributed by atoms with Gasteiger partial charge in [-0.25, -0.2) is 4.98 Å². The van der Waals surface area contributed by atoms with Crippen LogP contribution in [0, 0.1) is 26.7 Å². The summed E-state index contributed by atoms with van der Waals surface area (Å²) in [6, 6.07) is 0. The first-order valence-electron chi connectivity index (χ1n) is 7.44. The molecule has 0 aliphatic carbocycles. The van der Waals surface area contributed by atoms with Gasteiger partial charge in [0.2, 0.25) is 0 Å². The van der Waals surface area contributed by atoms with Crippen molar-refractivity contribution < 1.29 is 9.53 Å². The Morgan fingerprint density at radius 3 is 2.64 bits per heavy atom. The van der Waals surface area contributed by atoms with Gasteiger partial charge in [-0.15, -0.1) is 11.3 Å². The molecule has 0 radical (unpaired) electrons. The Hall–Kier alpha value is -1.69. The van der Waals surface area contributed by atoms with Crippen molar-refractivity contribution in [3.05, 3.63) is 26.6 Å². The summed E-state index contributed by atoms with van der Waals surface area (Å²) in [6.07, 6.45) is 0.819. The number of rotatable bonds is 5. The van der Waals surface area contributed by atoms with Crippen LogP contribution in [-0.2, 0) is 16.1 Å². The van der Waals surface area contributed by atoms with E-state index in [1.165, 1.54) is 15.9 Å². The minimum atomic E-state index is -0.392. The molecule has 0 bridgehead atoms. The van der Waals surface area contributed by atoms with E-state index in [1.54, 1.807) is 6.92 Å². The number of nitrogens with zero attached hydrogens (tertiary/aromatic N) is 2. The van der Waals surface area contributed by atoms with E-state index in [9.17, 15) is 9.59 Å². The van der Waals surface area contributed by atoms with Crippen molar-refractivity contribution in [1.29, 1.82) is 0 Å². The van der Waals surface area contributed by atoms with Gasteiger partial charge in [-0.2, -0.15) is 0 Å². The van der Waals surface area contributed by atoms with Crippen LogP contribution in [0.4, 0.5) is 0 Å². The standard InChI is InChI=1S/C16H22N2O3S/c1-9(2)6-7-21-13(19)8-18-12(5)17-15-14(16(18)20)10(3)11(4)22-15/h9H,6-8H2,1-5H3. The Balaban J connectivity index is 2.26. The number of hydrogen-bond donors (Lipinski definition) is 0. The molecule has 0 aliphatic heterocycles. The number of aryl methyl sites for hydroxylation is 3. The second-order valence-corrected chi connectivity index (χ2v) is 7.12. The number of carbonyl (C=O) groups is 1. The van der Waals surface area contributed by atoms with E-state index in [-0.39, 0.29) is 12.1 Å². The Morgan fingerprint density at radius 1 is 1.32 bits per heavy atom. The van der Waals surface area contributed by atoms with Crippen LogP contribution in [-0.4, -0.2) is 22.1 Å². The second kappa shape index (κ2) is 6.60. The number of hydrogen-bond acceptors (Lipinski definition) is 5. The molecule has 2 aromatic rings. The smallest absolute Gasteiger partial charge is 0.326 e. The predicted molar refractivity (Wildman–Crippen MR) is 88.5 cm³/mol. The molecule has 5 nitrogen and oxygen atoms in total. The van der Waals surface area contributed by atoms with Crippen molar-refractivity contribution in [1.82, 2.24) is 9.55 Å². The van der Waals surface area contributed by atoms with Gasteiger partial charge in [0.15, 0.2) is 0 Å². The van der Waals surface area contributed by atoms with Gasteiger partial charge in [0.05, 0.1) is 12.0 Å². The Kier molecular flexibility index (Phi) is 5.01. The average Bonchev–Trinajstić information content (AvgIpc) is 2.69. The van der Waals surface area contributed by atoms with Crippen LogP contribution in [0.1, 0.15) is 36.5 Å². The molecule has 22 heavy (non-hydrogen) atoms. The molecule has 0 amide bonds. The summed E-state index contributed by atoms with van der Waals surface area (Å²) in [5, 5.41) is 0.614. The molecule has 0 unspecified atom stereocenters. The fraction of sp³-hybridized carbons (Fsp3) is 0.562. The van der Waals surface area contributed by atoms with E-state index >= 15 is 0 Å². The maximum absolute atomic E-state index is 12.6. The SMILES string of the molecule is Cc1sc2nc(C)n(CC(=O)OCCC(C)C)c(=O)c2c1C. The summed E-state index contributed by atoms with van der Waals surface area (Å²) >= 11 is 1.51. The number of aromatic nitrogens is 2. The van der Waals surface area contributed by atoms with E-state index in [1.807, 2.05) is 13.8 Å². The Morgan fingerprint density at radius 2 is 2.00 bits per heavy atom. The van der Waals surface area contributed by atoms with Crippen LogP contribution in [0.5, 0.6) is 0 Å². The molecule has 0 saturated carbocycles. The van der Waals surface area contributed by atoms with Gasteiger partial charge >= 0.3 is 5.97 Å². The number of ether oxygens (including phenoxy) is 1. The van der Waals surface area contributed by atoms with Crippen molar-refractivity contribution in [3.63, 3.8) is 0 Å². The zero-order chi connectivity index (χ0) is 16.4. The summed E-state index contributed by atoms with van der Waals surface area (Å²) in [5.74, 6) is 0.628. The molecule has 0 spiro atoms. The van der Waals surface area contributed by atoms with Crippen molar-refractivity contribution in [2.24, 2.45) is 5.92 Å². The third kappa shape index (κ3) is 3.38. The van der Waals surface area contributed by atoms with Crippen LogP contribution in [0.25, 0.3) is 10.2 Å². The summed E-state index contributed by atoms with van der Waals surface area (Å²) in [5.41, 5.74) is 0.782. The number of thiophene rings is 1. The Labute approximate surface area is 133 Å². The highest BCUT2D eigenvalue weighted by atomic mass is 32.1. The predicted octanol–water partition coefficient (Wildman–Crippen LogP) is 2.97. The lowest BCUT2D eigenvalue weighted by Crippen LogP contribution is -2.28. The van der Waals surface area contributed by atoms with Crippen LogP contribution in [0.3, 0.4) is 0 Å². The van der Waals surface area contributed by atoms with E-state index in [0.717, 1.165) is 21.7 Å². The summed E-state index contributed by atoms with van der Waals surface area (Å²) < 4.78 is 6.59. The maximum Gasteiger partial charge on any atom is 0.326 e. The first-order chi connectivity index (χ1) is 10.3. The lowest BCUT2D eigenvalue weighted by molar-refractivity contribution is -0.144. The molecule has 120 valence electrons. The van der Waals surface area contributed by atoms with Gasteiger partial charge in [-0.05, 0) is 38.7 Å². The van der Waals surface area contributed by atoms with E-state index in [4.69, 9.17) is 4.74 Å². The molecular formula is C16H22N2O3S. The largest absolute Gasteiger partial charge is 0.464 e. The van der Waals surface area contributed by atoms with Crippen molar-refractivity contribution >= 4 is 27.5 Å². The molecule has 0 atom stereocenters. The molecule has 6 heteroatoms. The molecule has 2 aromatic heterocycles. The van der Waals surface area contributed by atoms with Gasteiger partial charge in [-0.1, -0.05) is 13.8 Å². The molecule has 0 saturated heterocycles. The lowest BCUT2D eigenvalue weighted by Gasteiger charge is -2.10. The third-order valence-electron chi connectivity index (χ3n) is 3.73. The van der Waals surface area contributed by atoms with Crippen molar-refractivity contribution in [3.8, 4) is 0 Å². The molecule has 0 aromatic carbocycles. The minimum absolute atomic E-state index is 0.0833. The van der Waals surface area contributed by atoms with E-state index in [0.29, 0.717) is 23.7 Å². The van der Waals surface area contributed by atoms with Crippen LogP contribution >= 0.6 is 11.3 Å². The van der Waals surface area contributed by atoms with E-state index in [2.05, 4.69) is 18.8 Å². The number of fused-ring (bicyclic) bond motifs is 1. The first kappa shape index (κ1) is 16.7. The lowest BCUT2D eigenvalue weighted by atomic mass is 10.1. The van der Waals surface area contributed by atoms with Gasteiger partial charge in [0, 0.05) is 4.88 Å². The highest BCUT2D eigenvalue weighted by Gasteiger charge is 2.16. The molecule has 0 fully saturated rings. The fourth-order valence-electron chi connectivity index (χ4n) is 2.20. The van der Waals surface area contributed by atoms with Gasteiger partial charge in [0.25, 0.3) is 5.56 Å². The van der Waals surface area contributed by atoms with Gasteiger partial charge in [-0.3, -0.25) is 14.2 Å². The van der Waals surface area contributed by atoms with E-state index < -0.39 is 5.97 Å². The van der Waals surface area contributed by atoms with Crippen molar-refractivity contribution in [2.45, 2.75) is 47.6 Å². The Bertz CT molecular complexity index is 759. The van der Waals surface area contributed by atoms with Crippen molar-refractivity contribution in [2.75, 3.05) is 6.61 Å². The highest BCUT2D eigenvalue weighted by molar-refractivity contribution is 7.18. The molecule has 2 heterocycles. The van der Waals surface area contributed by atoms with Gasteiger partial charge in [0.1, 0.15) is 17.2 Å².